The van der Waals surface area contributed by atoms with Gasteiger partial charge in [0.05, 0.1) is 0 Å². The van der Waals surface area contributed by atoms with Crippen molar-refractivity contribution in [3.05, 3.63) is 53.8 Å². The molecular formula is C16H23N. The van der Waals surface area contributed by atoms with Gasteiger partial charge in [0.1, 0.15) is 0 Å². The summed E-state index contributed by atoms with van der Waals surface area (Å²) in [7, 11) is 0. The molecule has 0 heterocycles. The van der Waals surface area contributed by atoms with Crippen molar-refractivity contribution in [1.29, 1.82) is 0 Å². The van der Waals surface area contributed by atoms with Crippen LogP contribution in [0.2, 0.25) is 0 Å². The smallest absolute Gasteiger partial charge is 0.0432 e. The number of allylic oxidation sites excluding steroid dienone is 2. The van der Waals surface area contributed by atoms with Crippen LogP contribution in [0.1, 0.15) is 32.8 Å². The molecule has 17 heavy (non-hydrogen) atoms. The highest BCUT2D eigenvalue weighted by Crippen LogP contribution is 2.21. The fraction of sp³-hybridized carbons (Fsp3) is 0.375. The highest BCUT2D eigenvalue weighted by Gasteiger charge is 2.07. The number of nitrogens with zero attached hydrogens (tertiary/aromatic N) is 1. The first kappa shape index (κ1) is 13.6. The summed E-state index contributed by atoms with van der Waals surface area (Å²) in [6.07, 6.45) is 3.31. The number of hydrogen-bond acceptors (Lipinski definition) is 1. The van der Waals surface area contributed by atoms with Crippen LogP contribution in [-0.4, -0.2) is 6.54 Å². The van der Waals surface area contributed by atoms with Crippen LogP contribution in [0.5, 0.6) is 0 Å². The quantitative estimate of drug-likeness (QED) is 0.662. The van der Waals surface area contributed by atoms with Gasteiger partial charge in [0.25, 0.3) is 0 Å². The number of hydrogen-bond donors (Lipinski definition) is 0. The van der Waals surface area contributed by atoms with Crippen molar-refractivity contribution in [2.24, 2.45) is 0 Å². The monoisotopic (exact) mass is 229 g/mol. The van der Waals surface area contributed by atoms with E-state index in [0.717, 1.165) is 13.0 Å². The third-order valence-corrected chi connectivity index (χ3v) is 2.70. The Hall–Kier alpha value is -1.50. The Kier molecular flexibility index (Phi) is 5.02. The Balaban J connectivity index is 3.01. The lowest BCUT2D eigenvalue weighted by Gasteiger charge is -2.26. The highest BCUT2D eigenvalue weighted by molar-refractivity contribution is 5.53. The molecule has 92 valence electrons. The van der Waals surface area contributed by atoms with Crippen LogP contribution in [-0.2, 0) is 0 Å². The molecule has 0 spiro atoms. The molecule has 0 radical (unpaired) electrons. The topological polar surface area (TPSA) is 3.24 Å². The second-order valence-electron chi connectivity index (χ2n) is 4.63. The number of benzene rings is 1. The average Bonchev–Trinajstić information content (AvgIpc) is 2.27. The lowest BCUT2D eigenvalue weighted by Crippen LogP contribution is -2.22. The van der Waals surface area contributed by atoms with Gasteiger partial charge in [-0.25, -0.2) is 0 Å². The normalized spacial score (nSPS) is 11.4. The van der Waals surface area contributed by atoms with E-state index in [2.05, 4.69) is 69.5 Å². The Morgan fingerprint density at radius 3 is 2.29 bits per heavy atom. The zero-order valence-electron chi connectivity index (χ0n) is 11.5. The van der Waals surface area contributed by atoms with Crippen molar-refractivity contribution in [1.82, 2.24) is 0 Å². The van der Waals surface area contributed by atoms with E-state index in [1.807, 2.05) is 0 Å². The molecule has 0 atom stereocenters. The van der Waals surface area contributed by atoms with Gasteiger partial charge >= 0.3 is 0 Å². The minimum atomic E-state index is 0.880. The second kappa shape index (κ2) is 6.29. The third-order valence-electron chi connectivity index (χ3n) is 2.70. The third kappa shape index (κ3) is 4.10. The number of anilines is 1. The molecular weight excluding hydrogens is 206 g/mol. The standard InChI is InChI=1S/C16H23N/c1-6-7-15(5)17(12-13(2)3)16-10-8-14(4)9-11-16/h7-11H,2,6,12H2,1,3-5H3/b15-7-. The van der Waals surface area contributed by atoms with E-state index in [0.29, 0.717) is 0 Å². The highest BCUT2D eigenvalue weighted by atomic mass is 15.1. The van der Waals surface area contributed by atoms with Gasteiger partial charge in [-0.05, 0) is 39.3 Å². The second-order valence-corrected chi connectivity index (χ2v) is 4.63. The zero-order chi connectivity index (χ0) is 12.8. The van der Waals surface area contributed by atoms with Crippen molar-refractivity contribution in [2.75, 3.05) is 11.4 Å². The van der Waals surface area contributed by atoms with Gasteiger partial charge in [0.15, 0.2) is 0 Å². The van der Waals surface area contributed by atoms with Crippen molar-refractivity contribution >= 4 is 5.69 Å². The zero-order valence-corrected chi connectivity index (χ0v) is 11.5. The molecule has 0 aliphatic carbocycles. The fourth-order valence-corrected chi connectivity index (χ4v) is 1.82. The molecule has 0 N–H and O–H groups in total. The molecule has 1 aromatic carbocycles. The van der Waals surface area contributed by atoms with Gasteiger partial charge in [0.2, 0.25) is 0 Å². The van der Waals surface area contributed by atoms with E-state index >= 15 is 0 Å². The molecule has 1 aromatic rings. The fourth-order valence-electron chi connectivity index (χ4n) is 1.82. The van der Waals surface area contributed by atoms with Gasteiger partial charge in [-0.3, -0.25) is 0 Å². The minimum Gasteiger partial charge on any atom is -0.342 e. The molecule has 0 aromatic heterocycles. The summed E-state index contributed by atoms with van der Waals surface area (Å²) in [5.74, 6) is 0. The number of aryl methyl sites for hydroxylation is 1. The van der Waals surface area contributed by atoms with Crippen LogP contribution in [0.4, 0.5) is 5.69 Å². The summed E-state index contributed by atoms with van der Waals surface area (Å²) < 4.78 is 0. The van der Waals surface area contributed by atoms with Gasteiger partial charge in [0, 0.05) is 17.9 Å². The van der Waals surface area contributed by atoms with Gasteiger partial charge in [-0.2, -0.15) is 0 Å². The molecule has 0 fully saturated rings. The maximum atomic E-state index is 4.01. The predicted molar refractivity (Wildman–Crippen MR) is 77.4 cm³/mol. The lowest BCUT2D eigenvalue weighted by molar-refractivity contribution is 0.954. The van der Waals surface area contributed by atoms with Crippen LogP contribution in [0.15, 0.2) is 48.2 Å². The molecule has 0 amide bonds. The maximum absolute atomic E-state index is 4.01. The van der Waals surface area contributed by atoms with Crippen LogP contribution in [0, 0.1) is 6.92 Å². The molecule has 1 heteroatoms. The van der Waals surface area contributed by atoms with E-state index in [1.54, 1.807) is 0 Å². The Bertz CT molecular complexity index is 398. The van der Waals surface area contributed by atoms with Crippen molar-refractivity contribution in [3.8, 4) is 0 Å². The summed E-state index contributed by atoms with van der Waals surface area (Å²) in [5.41, 5.74) is 5.00. The molecule has 0 saturated heterocycles. The Labute approximate surface area is 105 Å². The molecule has 0 saturated carbocycles. The molecule has 0 aliphatic heterocycles. The molecule has 1 nitrogen and oxygen atoms in total. The summed E-state index contributed by atoms with van der Waals surface area (Å²) in [6, 6.07) is 8.65. The SMILES string of the molecule is C=C(C)CN(/C(C)=C\CC)c1ccc(C)cc1. The summed E-state index contributed by atoms with van der Waals surface area (Å²) in [5, 5.41) is 0. The first-order valence-corrected chi connectivity index (χ1v) is 6.20. The lowest BCUT2D eigenvalue weighted by atomic mass is 10.2. The molecule has 1 rings (SSSR count). The van der Waals surface area contributed by atoms with Gasteiger partial charge in [-0.15, -0.1) is 0 Å². The Morgan fingerprint density at radius 2 is 1.82 bits per heavy atom. The number of rotatable bonds is 5. The largest absolute Gasteiger partial charge is 0.342 e. The molecule has 0 aliphatic rings. The average molecular weight is 229 g/mol. The van der Waals surface area contributed by atoms with Crippen molar-refractivity contribution in [2.45, 2.75) is 34.1 Å². The van der Waals surface area contributed by atoms with E-state index in [-0.39, 0.29) is 0 Å². The van der Waals surface area contributed by atoms with Crippen LogP contribution >= 0.6 is 0 Å². The first-order valence-electron chi connectivity index (χ1n) is 6.20. The minimum absolute atomic E-state index is 0.880. The van der Waals surface area contributed by atoms with E-state index in [9.17, 15) is 0 Å². The van der Waals surface area contributed by atoms with Gasteiger partial charge < -0.3 is 4.90 Å². The van der Waals surface area contributed by atoms with E-state index in [1.165, 1.54) is 22.5 Å². The van der Waals surface area contributed by atoms with Crippen LogP contribution in [0.25, 0.3) is 0 Å². The van der Waals surface area contributed by atoms with Crippen LogP contribution in [0.3, 0.4) is 0 Å². The molecule has 0 bridgehead atoms. The van der Waals surface area contributed by atoms with Crippen LogP contribution < -0.4 is 4.90 Å². The van der Waals surface area contributed by atoms with Gasteiger partial charge in [-0.1, -0.05) is 42.8 Å². The van der Waals surface area contributed by atoms with Crippen molar-refractivity contribution < 1.29 is 0 Å². The summed E-state index contributed by atoms with van der Waals surface area (Å²) >= 11 is 0. The molecule has 0 unspecified atom stereocenters. The van der Waals surface area contributed by atoms with Crippen molar-refractivity contribution in [3.63, 3.8) is 0 Å². The maximum Gasteiger partial charge on any atom is 0.0432 e. The van der Waals surface area contributed by atoms with E-state index in [4.69, 9.17) is 0 Å². The van der Waals surface area contributed by atoms with E-state index < -0.39 is 0 Å². The predicted octanol–water partition coefficient (Wildman–Crippen LogP) is 4.69. The summed E-state index contributed by atoms with van der Waals surface area (Å²) in [6.45, 7) is 13.4. The first-order chi connectivity index (χ1) is 8.04. The Morgan fingerprint density at radius 1 is 1.24 bits per heavy atom. The summed E-state index contributed by atoms with van der Waals surface area (Å²) in [4.78, 5) is 2.31.